The van der Waals surface area contributed by atoms with Crippen molar-refractivity contribution in [3.8, 4) is 0 Å². The zero-order valence-corrected chi connectivity index (χ0v) is 56.3. The number of nitrogens with one attached hydrogen (secondary N) is 1. The zero-order chi connectivity index (χ0) is 66.1. The maximum absolute atomic E-state index is 13.4. The number of aliphatic hydroxyl groups is 11. The lowest BCUT2D eigenvalue weighted by molar-refractivity contribution is -0.379. The molecular weight excluding hydrogens is 1170 g/mol. The fourth-order valence-electron chi connectivity index (χ4n) is 12.2. The van der Waals surface area contributed by atoms with Gasteiger partial charge >= 0.3 is 0 Å². The highest BCUT2D eigenvalue weighted by Gasteiger charge is 2.53. The summed E-state index contributed by atoms with van der Waals surface area (Å²) >= 11 is 0. The first-order valence-electron chi connectivity index (χ1n) is 36.4. The van der Waals surface area contributed by atoms with E-state index in [0.717, 1.165) is 44.9 Å². The predicted octanol–water partition coefficient (Wildman–Crippen LogP) is 10.2. The molecule has 0 aliphatic carbocycles. The predicted molar refractivity (Wildman–Crippen MR) is 356 cm³/mol. The first-order valence-corrected chi connectivity index (χ1v) is 36.4. The van der Waals surface area contributed by atoms with Crippen molar-refractivity contribution in [2.24, 2.45) is 0 Å². The van der Waals surface area contributed by atoms with Crippen LogP contribution in [0, 0.1) is 0 Å². The quantitative estimate of drug-likeness (QED) is 0.0199. The van der Waals surface area contributed by atoms with Crippen molar-refractivity contribution in [3.05, 3.63) is 48.6 Å². The van der Waals surface area contributed by atoms with Crippen molar-refractivity contribution in [2.75, 3.05) is 26.4 Å². The summed E-state index contributed by atoms with van der Waals surface area (Å²) in [4.78, 5) is 13.4. The topological polar surface area (TPSA) is 307 Å². The summed E-state index contributed by atoms with van der Waals surface area (Å²) in [6.45, 7) is 1.68. The summed E-state index contributed by atoms with van der Waals surface area (Å²) in [6, 6.07) is -0.988. The summed E-state index contributed by atoms with van der Waals surface area (Å²) in [7, 11) is 0. The van der Waals surface area contributed by atoms with E-state index < -0.39 is 124 Å². The molecule has 0 aromatic carbocycles. The molecule has 0 spiro atoms. The van der Waals surface area contributed by atoms with Gasteiger partial charge in [-0.15, -0.1) is 0 Å². The van der Waals surface area contributed by atoms with Gasteiger partial charge in [-0.05, 0) is 64.2 Å². The van der Waals surface area contributed by atoms with E-state index in [9.17, 15) is 61.0 Å². The Hall–Kier alpha value is -2.25. The number of rotatable bonds is 56. The highest BCUT2D eigenvalue weighted by molar-refractivity contribution is 5.76. The third kappa shape index (κ3) is 35.5. The Kier molecular flexibility index (Phi) is 49.1. The van der Waals surface area contributed by atoms with E-state index >= 15 is 0 Å². The first kappa shape index (κ1) is 83.0. The monoisotopic (exact) mass is 1300 g/mol. The number of hydrogen-bond acceptors (Lipinski definition) is 18. The van der Waals surface area contributed by atoms with Gasteiger partial charge in [-0.3, -0.25) is 4.79 Å². The number of carbonyl (C=O) groups is 1. The third-order valence-electron chi connectivity index (χ3n) is 18.1. The summed E-state index contributed by atoms with van der Waals surface area (Å²) in [5.41, 5.74) is 0. The Morgan fingerprint density at radius 1 is 0.396 bits per heavy atom. The van der Waals surface area contributed by atoms with E-state index in [4.69, 9.17) is 28.4 Å². The SMILES string of the molecule is CCCCCCC/C=C\C/C=C\CCCCCCCCCCCCCCCCCCCCCCCCCC(=O)NC(COC1OC(CO)C(OC2OC(CO)C(OC3OC(CO)C(O)C(O)C3O)C(O)C2O)C(O)C1O)C(O)/C=C/CC/C=C/CCCCCCC. The van der Waals surface area contributed by atoms with Crippen LogP contribution in [-0.2, 0) is 33.2 Å². The molecule has 0 aromatic heterocycles. The average molecular weight is 1300 g/mol. The van der Waals surface area contributed by atoms with Crippen LogP contribution in [0.5, 0.6) is 0 Å². The Morgan fingerprint density at radius 2 is 0.736 bits per heavy atom. The molecular formula is C72H131NO18. The zero-order valence-electron chi connectivity index (χ0n) is 56.3. The number of unbranched alkanes of at least 4 members (excludes halogenated alkanes) is 34. The van der Waals surface area contributed by atoms with E-state index in [1.807, 2.05) is 6.08 Å². The Balaban J connectivity index is 1.31. The van der Waals surface area contributed by atoms with E-state index in [0.29, 0.717) is 12.8 Å². The summed E-state index contributed by atoms with van der Waals surface area (Å²) in [6.07, 6.45) is 38.5. The second-order valence-corrected chi connectivity index (χ2v) is 26.0. The minimum absolute atomic E-state index is 0.238. The number of hydrogen-bond donors (Lipinski definition) is 12. The van der Waals surface area contributed by atoms with Crippen LogP contribution in [0.1, 0.15) is 271 Å². The smallest absolute Gasteiger partial charge is 0.220 e. The van der Waals surface area contributed by atoms with Crippen LogP contribution in [0.3, 0.4) is 0 Å². The normalized spacial score (nSPS) is 28.1. The fourth-order valence-corrected chi connectivity index (χ4v) is 12.2. The summed E-state index contributed by atoms with van der Waals surface area (Å²) in [5.74, 6) is -0.284. The Labute approximate surface area is 548 Å². The average Bonchev–Trinajstić information content (AvgIpc) is 1.05. The maximum atomic E-state index is 13.4. The standard InChI is InChI=1S/C72H131NO18/c1-3-5-7-9-11-13-15-16-17-18-19-20-21-22-23-24-25-26-27-28-29-30-31-32-33-34-35-36-37-38-40-42-44-46-48-50-60(78)73-55(56(77)49-47-45-43-41-39-14-12-10-8-6-4-2)54-86-70-66(84)63(81)68(58(52-75)88-70)91-72-67(85)64(82)69(59(53-76)89-72)90-71-65(83)62(80)61(79)57(51-74)87-71/h15-16,18-19,39,41,47,49,55-59,61-72,74-77,79-85H,3-14,17,20-38,40,42-46,48,50-54H2,1-2H3,(H,73,78)/b16-15-,19-18-,41-39+,49-47+. The van der Waals surface area contributed by atoms with Crippen LogP contribution >= 0.6 is 0 Å². The number of aliphatic hydroxyl groups excluding tert-OH is 11. The van der Waals surface area contributed by atoms with Gasteiger partial charge in [0.05, 0.1) is 38.6 Å². The van der Waals surface area contributed by atoms with Crippen molar-refractivity contribution in [1.29, 1.82) is 0 Å². The molecule has 0 bridgehead atoms. The Bertz CT molecular complexity index is 1840. The number of amides is 1. The molecule has 3 heterocycles. The molecule has 17 atom stereocenters. The lowest BCUT2D eigenvalue weighted by atomic mass is 9.96. The molecule has 532 valence electrons. The summed E-state index contributed by atoms with van der Waals surface area (Å²) in [5, 5.41) is 120. The second-order valence-electron chi connectivity index (χ2n) is 26.0. The van der Waals surface area contributed by atoms with Crippen LogP contribution in [0.25, 0.3) is 0 Å². The molecule has 0 aromatic rings. The molecule has 3 rings (SSSR count). The van der Waals surface area contributed by atoms with E-state index in [2.05, 4.69) is 55.6 Å². The summed E-state index contributed by atoms with van der Waals surface area (Å²) < 4.78 is 34.3. The van der Waals surface area contributed by atoms with Crippen LogP contribution in [0.2, 0.25) is 0 Å². The van der Waals surface area contributed by atoms with Crippen LogP contribution in [0.4, 0.5) is 0 Å². The molecule has 0 saturated carbocycles. The highest BCUT2D eigenvalue weighted by Crippen LogP contribution is 2.33. The van der Waals surface area contributed by atoms with Gasteiger partial charge in [-0.25, -0.2) is 0 Å². The lowest BCUT2D eigenvalue weighted by Gasteiger charge is -2.48. The third-order valence-corrected chi connectivity index (χ3v) is 18.1. The Morgan fingerprint density at radius 3 is 1.16 bits per heavy atom. The molecule has 1 amide bonds. The van der Waals surface area contributed by atoms with E-state index in [-0.39, 0.29) is 18.9 Å². The van der Waals surface area contributed by atoms with Gasteiger partial charge in [-0.1, -0.05) is 249 Å². The molecule has 17 unspecified atom stereocenters. The minimum atomic E-state index is -1.98. The van der Waals surface area contributed by atoms with Gasteiger partial charge in [0.25, 0.3) is 0 Å². The van der Waals surface area contributed by atoms with Crippen molar-refractivity contribution in [1.82, 2.24) is 5.32 Å². The van der Waals surface area contributed by atoms with Gasteiger partial charge in [0.1, 0.15) is 73.2 Å². The molecule has 3 aliphatic heterocycles. The molecule has 19 nitrogen and oxygen atoms in total. The first-order chi connectivity index (χ1) is 44.3. The van der Waals surface area contributed by atoms with Gasteiger partial charge in [0.15, 0.2) is 18.9 Å². The van der Waals surface area contributed by atoms with Crippen molar-refractivity contribution >= 4 is 5.91 Å². The van der Waals surface area contributed by atoms with Crippen LogP contribution < -0.4 is 5.32 Å². The largest absolute Gasteiger partial charge is 0.394 e. The molecule has 3 saturated heterocycles. The van der Waals surface area contributed by atoms with Crippen molar-refractivity contribution < 1.29 is 89.4 Å². The van der Waals surface area contributed by atoms with Gasteiger partial charge in [0, 0.05) is 6.42 Å². The van der Waals surface area contributed by atoms with Gasteiger partial charge in [-0.2, -0.15) is 0 Å². The van der Waals surface area contributed by atoms with E-state index in [1.165, 1.54) is 193 Å². The molecule has 91 heavy (non-hydrogen) atoms. The van der Waals surface area contributed by atoms with Gasteiger partial charge in [0.2, 0.25) is 5.91 Å². The molecule has 12 N–H and O–H groups in total. The minimum Gasteiger partial charge on any atom is -0.394 e. The fraction of sp³-hybridized carbons (Fsp3) is 0.875. The van der Waals surface area contributed by atoms with E-state index in [1.54, 1.807) is 6.08 Å². The highest BCUT2D eigenvalue weighted by atomic mass is 16.8. The number of carbonyl (C=O) groups excluding carboxylic acids is 1. The van der Waals surface area contributed by atoms with Crippen molar-refractivity contribution in [2.45, 2.75) is 375 Å². The van der Waals surface area contributed by atoms with Gasteiger partial charge < -0.3 is 89.9 Å². The van der Waals surface area contributed by atoms with Crippen molar-refractivity contribution in [3.63, 3.8) is 0 Å². The maximum Gasteiger partial charge on any atom is 0.220 e. The number of ether oxygens (including phenoxy) is 6. The molecule has 0 radical (unpaired) electrons. The second kappa shape index (κ2) is 53.8. The molecule has 3 fully saturated rings. The molecule has 3 aliphatic rings. The van der Waals surface area contributed by atoms with Crippen LogP contribution in [-0.4, -0.2) is 193 Å². The molecule has 19 heteroatoms. The van der Waals surface area contributed by atoms with Crippen LogP contribution in [0.15, 0.2) is 48.6 Å². The lowest BCUT2D eigenvalue weighted by Crippen LogP contribution is -2.66. The number of allylic oxidation sites excluding steroid dienone is 7.